The Morgan fingerprint density at radius 2 is 1.44 bits per heavy atom. The van der Waals surface area contributed by atoms with Crippen molar-refractivity contribution in [2.24, 2.45) is 0 Å². The number of anilines is 3. The summed E-state index contributed by atoms with van der Waals surface area (Å²) in [5, 5.41) is 2.86. The summed E-state index contributed by atoms with van der Waals surface area (Å²) < 4.78 is 67.1. The van der Waals surface area contributed by atoms with Crippen LogP contribution in [0.15, 0.2) is 94.7 Å². The van der Waals surface area contributed by atoms with Crippen molar-refractivity contribution in [2.45, 2.75) is 16.7 Å². The molecule has 0 radical (unpaired) electrons. The van der Waals surface area contributed by atoms with Crippen LogP contribution in [0, 0.1) is 6.92 Å². The van der Waals surface area contributed by atoms with Gasteiger partial charge in [0.05, 0.1) is 45.4 Å². The number of sulfonamides is 2. The first kappa shape index (κ1) is 32.0. The summed E-state index contributed by atoms with van der Waals surface area (Å²) in [7, 11) is -5.45. The Morgan fingerprint density at radius 3 is 2.07 bits per heavy atom. The van der Waals surface area contributed by atoms with Crippen LogP contribution < -0.4 is 23.8 Å². The van der Waals surface area contributed by atoms with E-state index in [1.165, 1.54) is 68.8 Å². The molecule has 14 heteroatoms. The number of amides is 1. The van der Waals surface area contributed by atoms with Gasteiger partial charge in [0.25, 0.3) is 20.0 Å². The molecule has 4 rings (SSSR count). The second-order valence-corrected chi connectivity index (χ2v) is 13.5. The van der Waals surface area contributed by atoms with Crippen molar-refractivity contribution in [3.63, 3.8) is 0 Å². The van der Waals surface area contributed by atoms with E-state index >= 15 is 0 Å². The number of methoxy groups -OCH3 is 2. The summed E-state index contributed by atoms with van der Waals surface area (Å²) in [6.07, 6.45) is 0. The number of aryl methyl sites for hydroxylation is 1. The van der Waals surface area contributed by atoms with E-state index in [0.29, 0.717) is 5.75 Å². The number of rotatable bonds is 11. The molecule has 0 saturated carbocycles. The molecule has 0 spiro atoms. The summed E-state index contributed by atoms with van der Waals surface area (Å²) in [5.41, 5.74) is 1.53. The Morgan fingerprint density at radius 1 is 0.814 bits per heavy atom. The lowest BCUT2D eigenvalue weighted by Gasteiger charge is -2.24. The van der Waals surface area contributed by atoms with E-state index in [4.69, 9.17) is 32.7 Å². The Kier molecular flexibility index (Phi) is 9.75. The molecule has 1 amide bonds. The lowest BCUT2D eigenvalue weighted by atomic mass is 10.2. The van der Waals surface area contributed by atoms with Crippen LogP contribution in [0.3, 0.4) is 0 Å². The largest absolute Gasteiger partial charge is 0.493 e. The van der Waals surface area contributed by atoms with E-state index in [1.54, 1.807) is 30.3 Å². The van der Waals surface area contributed by atoms with Crippen LogP contribution in [0.2, 0.25) is 10.0 Å². The molecule has 0 fully saturated rings. The van der Waals surface area contributed by atoms with Gasteiger partial charge in [-0.3, -0.25) is 13.8 Å². The summed E-state index contributed by atoms with van der Waals surface area (Å²) in [6, 6.07) is 20.7. The average molecular weight is 665 g/mol. The molecule has 0 bridgehead atoms. The fourth-order valence-electron chi connectivity index (χ4n) is 3.96. The van der Waals surface area contributed by atoms with Crippen molar-refractivity contribution in [1.82, 2.24) is 0 Å². The third-order valence-corrected chi connectivity index (χ3v) is 10.2. The number of benzene rings is 4. The maximum Gasteiger partial charge on any atom is 0.264 e. The van der Waals surface area contributed by atoms with E-state index in [0.717, 1.165) is 9.87 Å². The zero-order chi connectivity index (χ0) is 31.4. The lowest BCUT2D eigenvalue weighted by molar-refractivity contribution is -0.114. The van der Waals surface area contributed by atoms with Gasteiger partial charge in [0.2, 0.25) is 5.91 Å². The molecule has 43 heavy (non-hydrogen) atoms. The number of ether oxygens (including phenoxy) is 2. The summed E-state index contributed by atoms with van der Waals surface area (Å²) in [4.78, 5) is 12.9. The first-order chi connectivity index (χ1) is 20.3. The van der Waals surface area contributed by atoms with Crippen LogP contribution >= 0.6 is 23.2 Å². The average Bonchev–Trinajstić information content (AvgIpc) is 2.98. The zero-order valence-corrected chi connectivity index (χ0v) is 26.3. The minimum absolute atomic E-state index is 0.0535. The Labute approximate surface area is 260 Å². The molecule has 2 N–H and O–H groups in total. The number of carbonyl (C=O) groups is 1. The van der Waals surface area contributed by atoms with Gasteiger partial charge in [-0.05, 0) is 67.6 Å². The van der Waals surface area contributed by atoms with Gasteiger partial charge in [0, 0.05) is 11.8 Å². The van der Waals surface area contributed by atoms with Crippen molar-refractivity contribution < 1.29 is 31.1 Å². The molecular formula is C29H27Cl2N3O7S2. The normalized spacial score (nSPS) is 11.5. The highest BCUT2D eigenvalue weighted by molar-refractivity contribution is 7.93. The second-order valence-electron chi connectivity index (χ2n) is 9.14. The van der Waals surface area contributed by atoms with Gasteiger partial charge in [0.1, 0.15) is 6.54 Å². The van der Waals surface area contributed by atoms with Gasteiger partial charge in [0.15, 0.2) is 11.5 Å². The SMILES string of the molecule is COc1ccc(S(=O)(=O)N(CC(=O)Nc2ccc(S(=O)(=O)Nc3cccc(Cl)c3Cl)cc2)c2ccc(C)cc2)cc1OC. The summed E-state index contributed by atoms with van der Waals surface area (Å²) in [5.74, 6) is -0.111. The molecule has 0 atom stereocenters. The molecule has 0 aromatic heterocycles. The smallest absolute Gasteiger partial charge is 0.264 e. The number of carbonyl (C=O) groups excluding carboxylic acids is 1. The van der Waals surface area contributed by atoms with E-state index < -0.39 is 32.5 Å². The van der Waals surface area contributed by atoms with E-state index in [-0.39, 0.29) is 42.6 Å². The number of hydrogen-bond acceptors (Lipinski definition) is 7. The first-order valence-corrected chi connectivity index (χ1v) is 16.2. The van der Waals surface area contributed by atoms with Gasteiger partial charge < -0.3 is 14.8 Å². The Bertz CT molecular complexity index is 1850. The fraction of sp³-hybridized carbons (Fsp3) is 0.138. The number of hydrogen-bond donors (Lipinski definition) is 2. The monoisotopic (exact) mass is 663 g/mol. The highest BCUT2D eigenvalue weighted by atomic mass is 35.5. The molecular weight excluding hydrogens is 637 g/mol. The molecule has 10 nitrogen and oxygen atoms in total. The molecule has 0 saturated heterocycles. The van der Waals surface area contributed by atoms with E-state index in [9.17, 15) is 21.6 Å². The van der Waals surface area contributed by atoms with Crippen LogP contribution in [-0.4, -0.2) is 43.5 Å². The quantitative estimate of drug-likeness (QED) is 0.203. The maximum absolute atomic E-state index is 13.8. The summed E-state index contributed by atoms with van der Waals surface area (Å²) in [6.45, 7) is 1.28. The predicted octanol–water partition coefficient (Wildman–Crippen LogP) is 5.95. The van der Waals surface area contributed by atoms with Crippen molar-refractivity contribution in [2.75, 3.05) is 35.1 Å². The van der Waals surface area contributed by atoms with Crippen LogP contribution in [0.5, 0.6) is 11.5 Å². The minimum Gasteiger partial charge on any atom is -0.493 e. The van der Waals surface area contributed by atoms with Crippen molar-refractivity contribution in [3.8, 4) is 11.5 Å². The third-order valence-electron chi connectivity index (χ3n) is 6.20. The van der Waals surface area contributed by atoms with Crippen LogP contribution in [0.1, 0.15) is 5.56 Å². The number of nitrogens with one attached hydrogen (secondary N) is 2. The Hall–Kier alpha value is -3.97. The highest BCUT2D eigenvalue weighted by Crippen LogP contribution is 2.33. The van der Waals surface area contributed by atoms with Gasteiger partial charge in [-0.1, -0.05) is 47.0 Å². The lowest BCUT2D eigenvalue weighted by Crippen LogP contribution is -2.38. The van der Waals surface area contributed by atoms with Crippen molar-refractivity contribution in [3.05, 3.63) is 101 Å². The molecule has 4 aromatic rings. The standard InChI is InChI=1S/C29H27Cl2N3O7S2/c1-19-7-11-21(12-8-19)34(43(38,39)23-15-16-26(40-2)27(17-23)41-3)18-28(35)32-20-9-13-22(14-10-20)42(36,37)33-25-6-4-5-24(30)29(25)31/h4-17,33H,18H2,1-3H3,(H,32,35). The first-order valence-electron chi connectivity index (χ1n) is 12.5. The van der Waals surface area contributed by atoms with E-state index in [1.807, 2.05) is 6.92 Å². The van der Waals surface area contributed by atoms with Gasteiger partial charge in [-0.15, -0.1) is 0 Å². The van der Waals surface area contributed by atoms with E-state index in [2.05, 4.69) is 10.0 Å². The van der Waals surface area contributed by atoms with Crippen molar-refractivity contribution in [1.29, 1.82) is 0 Å². The molecule has 0 heterocycles. The van der Waals surface area contributed by atoms with Crippen LogP contribution in [-0.2, 0) is 24.8 Å². The molecule has 0 unspecified atom stereocenters. The highest BCUT2D eigenvalue weighted by Gasteiger charge is 2.28. The number of halogens is 2. The van der Waals surface area contributed by atoms with Crippen molar-refractivity contribution >= 4 is 66.2 Å². The Balaban J connectivity index is 1.56. The fourth-order valence-corrected chi connectivity index (χ4v) is 6.88. The molecule has 226 valence electrons. The number of nitrogens with zero attached hydrogens (tertiary/aromatic N) is 1. The third kappa shape index (κ3) is 7.34. The van der Waals surface area contributed by atoms with Gasteiger partial charge in [-0.25, -0.2) is 16.8 Å². The second kappa shape index (κ2) is 13.1. The van der Waals surface area contributed by atoms with Gasteiger partial charge in [-0.2, -0.15) is 0 Å². The van der Waals surface area contributed by atoms with Crippen LogP contribution in [0.25, 0.3) is 0 Å². The molecule has 4 aromatic carbocycles. The predicted molar refractivity (Wildman–Crippen MR) is 168 cm³/mol. The summed E-state index contributed by atoms with van der Waals surface area (Å²) >= 11 is 12.1. The van der Waals surface area contributed by atoms with Gasteiger partial charge >= 0.3 is 0 Å². The topological polar surface area (TPSA) is 131 Å². The molecule has 0 aliphatic heterocycles. The molecule has 0 aliphatic carbocycles. The molecule has 0 aliphatic rings. The zero-order valence-electron chi connectivity index (χ0n) is 23.2. The minimum atomic E-state index is -4.25. The maximum atomic E-state index is 13.8. The van der Waals surface area contributed by atoms with Crippen LogP contribution in [0.4, 0.5) is 17.1 Å².